The molecule has 0 aliphatic rings. The molecule has 0 unspecified atom stereocenters. The van der Waals surface area contributed by atoms with Gasteiger partial charge in [0.1, 0.15) is 5.82 Å². The monoisotopic (exact) mass is 255 g/mol. The molecule has 1 heterocycles. The van der Waals surface area contributed by atoms with Crippen molar-refractivity contribution >= 4 is 12.2 Å². The van der Waals surface area contributed by atoms with Crippen molar-refractivity contribution in [1.82, 2.24) is 14.8 Å². The van der Waals surface area contributed by atoms with E-state index in [1.807, 2.05) is 0 Å². The number of nitrogens with one attached hydrogen (secondary N) is 1. The molecule has 0 saturated carbocycles. The van der Waals surface area contributed by atoms with E-state index in [2.05, 4.69) is 35.5 Å². The highest BCUT2D eigenvalue weighted by atomic mass is 32.1. The van der Waals surface area contributed by atoms with Gasteiger partial charge in [-0.15, -0.1) is 0 Å². The summed E-state index contributed by atoms with van der Waals surface area (Å²) in [6.45, 7) is 7.57. The second-order valence-electron chi connectivity index (χ2n) is 4.96. The van der Waals surface area contributed by atoms with Crippen LogP contribution < -0.4 is 0 Å². The SMILES string of the molecule is CCCCCCCCn1c(C(C)C)n[nH]c1=S. The van der Waals surface area contributed by atoms with Crippen molar-refractivity contribution in [3.8, 4) is 0 Å². The lowest BCUT2D eigenvalue weighted by Gasteiger charge is -2.08. The molecule has 1 N–H and O–H groups in total. The zero-order chi connectivity index (χ0) is 12.7. The molecule has 1 rings (SSSR count). The molecule has 0 atom stereocenters. The fraction of sp³-hybridized carbons (Fsp3) is 0.846. The van der Waals surface area contributed by atoms with Gasteiger partial charge in [0.25, 0.3) is 0 Å². The Hall–Kier alpha value is -0.640. The Morgan fingerprint density at radius 2 is 1.82 bits per heavy atom. The summed E-state index contributed by atoms with van der Waals surface area (Å²) in [5, 5.41) is 7.18. The van der Waals surface area contributed by atoms with E-state index >= 15 is 0 Å². The van der Waals surface area contributed by atoms with Gasteiger partial charge in [0.15, 0.2) is 4.77 Å². The van der Waals surface area contributed by atoms with Gasteiger partial charge < -0.3 is 4.57 Å². The third kappa shape index (κ3) is 4.62. The van der Waals surface area contributed by atoms with Gasteiger partial charge in [-0.25, -0.2) is 0 Å². The smallest absolute Gasteiger partial charge is 0.195 e. The molecule has 17 heavy (non-hydrogen) atoms. The summed E-state index contributed by atoms with van der Waals surface area (Å²) < 4.78 is 2.92. The number of aromatic nitrogens is 3. The van der Waals surface area contributed by atoms with Crippen molar-refractivity contribution in [2.75, 3.05) is 0 Å². The summed E-state index contributed by atoms with van der Waals surface area (Å²) in [4.78, 5) is 0. The number of hydrogen-bond donors (Lipinski definition) is 1. The van der Waals surface area contributed by atoms with E-state index in [1.54, 1.807) is 0 Å². The molecule has 0 aromatic carbocycles. The first-order valence-corrected chi connectivity index (χ1v) is 7.22. The summed E-state index contributed by atoms with van der Waals surface area (Å²) >= 11 is 5.26. The Bertz CT molecular complexity index is 365. The number of H-pyrrole nitrogens is 1. The van der Waals surface area contributed by atoms with Crippen LogP contribution in [0.1, 0.15) is 71.0 Å². The minimum atomic E-state index is 0.433. The topological polar surface area (TPSA) is 33.6 Å². The average Bonchev–Trinajstić information content (AvgIpc) is 2.65. The lowest BCUT2D eigenvalue weighted by molar-refractivity contribution is 0.534. The van der Waals surface area contributed by atoms with Crippen LogP contribution in [0, 0.1) is 4.77 Å². The van der Waals surface area contributed by atoms with Crippen LogP contribution in [0.5, 0.6) is 0 Å². The Morgan fingerprint density at radius 3 is 2.47 bits per heavy atom. The minimum absolute atomic E-state index is 0.433. The van der Waals surface area contributed by atoms with Crippen molar-refractivity contribution in [3.63, 3.8) is 0 Å². The second kappa shape index (κ2) is 7.64. The summed E-state index contributed by atoms with van der Waals surface area (Å²) in [5.41, 5.74) is 0. The number of hydrogen-bond acceptors (Lipinski definition) is 2. The van der Waals surface area contributed by atoms with Gasteiger partial charge >= 0.3 is 0 Å². The van der Waals surface area contributed by atoms with Gasteiger partial charge in [-0.1, -0.05) is 52.9 Å². The number of nitrogens with zero attached hydrogens (tertiary/aromatic N) is 2. The maximum absolute atomic E-state index is 5.26. The van der Waals surface area contributed by atoms with E-state index in [0.29, 0.717) is 5.92 Å². The highest BCUT2D eigenvalue weighted by molar-refractivity contribution is 7.71. The summed E-state index contributed by atoms with van der Waals surface area (Å²) in [6.07, 6.45) is 7.88. The molecule has 1 aromatic rings. The fourth-order valence-electron chi connectivity index (χ4n) is 2.04. The number of rotatable bonds is 8. The molecule has 0 fully saturated rings. The van der Waals surface area contributed by atoms with Crippen LogP contribution in [-0.2, 0) is 6.54 Å². The Morgan fingerprint density at radius 1 is 1.18 bits per heavy atom. The van der Waals surface area contributed by atoms with E-state index in [0.717, 1.165) is 17.1 Å². The van der Waals surface area contributed by atoms with Gasteiger partial charge in [-0.3, -0.25) is 5.10 Å². The maximum atomic E-state index is 5.26. The van der Waals surface area contributed by atoms with Gasteiger partial charge in [0, 0.05) is 12.5 Å². The normalized spacial score (nSPS) is 11.3. The molecule has 3 nitrogen and oxygen atoms in total. The molecular formula is C13H25N3S. The van der Waals surface area contributed by atoms with Gasteiger partial charge in [0.05, 0.1) is 0 Å². The molecule has 0 aliphatic heterocycles. The second-order valence-corrected chi connectivity index (χ2v) is 5.35. The van der Waals surface area contributed by atoms with Crippen molar-refractivity contribution in [2.24, 2.45) is 0 Å². The van der Waals surface area contributed by atoms with E-state index < -0.39 is 0 Å². The number of aromatic amines is 1. The van der Waals surface area contributed by atoms with Crippen molar-refractivity contribution in [1.29, 1.82) is 0 Å². The van der Waals surface area contributed by atoms with Gasteiger partial charge in [-0.2, -0.15) is 5.10 Å². The van der Waals surface area contributed by atoms with Crippen LogP contribution in [0.25, 0.3) is 0 Å². The predicted molar refractivity (Wildman–Crippen MR) is 74.9 cm³/mol. The average molecular weight is 255 g/mol. The quantitative estimate of drug-likeness (QED) is 0.551. The highest BCUT2D eigenvalue weighted by Gasteiger charge is 2.09. The first-order chi connectivity index (χ1) is 8.16. The molecular weight excluding hydrogens is 230 g/mol. The standard InChI is InChI=1S/C13H25N3S/c1-4-5-6-7-8-9-10-16-12(11(2)3)14-15-13(16)17/h11H,4-10H2,1-3H3,(H,15,17). The van der Waals surface area contributed by atoms with E-state index in [1.165, 1.54) is 38.5 Å². The van der Waals surface area contributed by atoms with Gasteiger partial charge in [-0.05, 0) is 18.6 Å². The van der Waals surface area contributed by atoms with Crippen LogP contribution in [0.15, 0.2) is 0 Å². The molecule has 0 spiro atoms. The van der Waals surface area contributed by atoms with Crippen LogP contribution in [0.3, 0.4) is 0 Å². The Kier molecular flexibility index (Phi) is 6.48. The Labute approximate surface area is 110 Å². The molecule has 0 bridgehead atoms. The summed E-state index contributed by atoms with van der Waals surface area (Å²) in [5.74, 6) is 1.52. The first kappa shape index (κ1) is 14.4. The van der Waals surface area contributed by atoms with Crippen LogP contribution >= 0.6 is 12.2 Å². The number of unbranched alkanes of at least 4 members (excludes halogenated alkanes) is 5. The van der Waals surface area contributed by atoms with Crippen molar-refractivity contribution < 1.29 is 0 Å². The van der Waals surface area contributed by atoms with Crippen molar-refractivity contribution in [2.45, 2.75) is 71.8 Å². The molecule has 0 radical (unpaired) electrons. The molecule has 98 valence electrons. The van der Waals surface area contributed by atoms with E-state index in [-0.39, 0.29) is 0 Å². The maximum Gasteiger partial charge on any atom is 0.195 e. The molecule has 0 amide bonds. The largest absolute Gasteiger partial charge is 0.304 e. The summed E-state index contributed by atoms with van der Waals surface area (Å²) in [7, 11) is 0. The van der Waals surface area contributed by atoms with Crippen molar-refractivity contribution in [3.05, 3.63) is 10.6 Å². The fourth-order valence-corrected chi connectivity index (χ4v) is 2.27. The van der Waals surface area contributed by atoms with Gasteiger partial charge in [0.2, 0.25) is 0 Å². The molecule has 4 heteroatoms. The first-order valence-electron chi connectivity index (χ1n) is 6.82. The molecule has 0 aliphatic carbocycles. The zero-order valence-electron chi connectivity index (χ0n) is 11.3. The van der Waals surface area contributed by atoms with Crippen LogP contribution in [0.4, 0.5) is 0 Å². The van der Waals surface area contributed by atoms with E-state index in [4.69, 9.17) is 12.2 Å². The minimum Gasteiger partial charge on any atom is -0.304 e. The Balaban J connectivity index is 2.36. The highest BCUT2D eigenvalue weighted by Crippen LogP contribution is 2.13. The third-order valence-electron chi connectivity index (χ3n) is 3.04. The zero-order valence-corrected chi connectivity index (χ0v) is 12.1. The molecule has 0 saturated heterocycles. The molecule has 1 aromatic heterocycles. The third-order valence-corrected chi connectivity index (χ3v) is 3.35. The lowest BCUT2D eigenvalue weighted by atomic mass is 10.1. The predicted octanol–water partition coefficient (Wildman–Crippen LogP) is 4.42. The van der Waals surface area contributed by atoms with Crippen LogP contribution in [0.2, 0.25) is 0 Å². The van der Waals surface area contributed by atoms with Crippen LogP contribution in [-0.4, -0.2) is 14.8 Å². The van der Waals surface area contributed by atoms with E-state index in [9.17, 15) is 0 Å². The lowest BCUT2D eigenvalue weighted by Crippen LogP contribution is -2.05. The summed E-state index contributed by atoms with van der Waals surface area (Å²) in [6, 6.07) is 0.